The largest absolute Gasteiger partial charge is 0.480 e. The van der Waals surface area contributed by atoms with Gasteiger partial charge in [-0.2, -0.15) is 0 Å². The normalized spacial score (nSPS) is 18.8. The molecule has 1 aliphatic heterocycles. The number of carbonyl (C=O) groups is 2. The molecule has 1 aromatic rings. The number of esters is 1. The molecule has 1 heterocycles. The van der Waals surface area contributed by atoms with Gasteiger partial charge in [-0.05, 0) is 24.9 Å². The van der Waals surface area contributed by atoms with Crippen molar-refractivity contribution in [2.24, 2.45) is 0 Å². The number of nitrogens with zero attached hydrogens (tertiary/aromatic N) is 1. The molecule has 0 amide bonds. The lowest BCUT2D eigenvalue weighted by atomic mass is 10.1. The van der Waals surface area contributed by atoms with Crippen LogP contribution in [0, 0.1) is 0 Å². The molecule has 1 atom stereocenters. The molecule has 0 saturated carbocycles. The lowest BCUT2D eigenvalue weighted by molar-refractivity contribution is -0.144. The van der Waals surface area contributed by atoms with E-state index < -0.39 is 5.97 Å². The van der Waals surface area contributed by atoms with Gasteiger partial charge >= 0.3 is 11.9 Å². The van der Waals surface area contributed by atoms with Crippen LogP contribution in [0.25, 0.3) is 0 Å². The Balaban J connectivity index is 1.66. The van der Waals surface area contributed by atoms with E-state index in [1.165, 1.54) is 0 Å². The van der Waals surface area contributed by atoms with E-state index in [0.29, 0.717) is 6.54 Å². The topological polar surface area (TPSA) is 78.9 Å². The summed E-state index contributed by atoms with van der Waals surface area (Å²) in [5.74, 6) is -1.11. The predicted molar refractivity (Wildman–Crippen MR) is 81.3 cm³/mol. The minimum Gasteiger partial charge on any atom is -0.480 e. The van der Waals surface area contributed by atoms with Crippen molar-refractivity contribution in [2.45, 2.75) is 25.5 Å². The highest BCUT2D eigenvalue weighted by atomic mass is 16.5. The summed E-state index contributed by atoms with van der Waals surface area (Å²) in [7, 11) is 0. The van der Waals surface area contributed by atoms with E-state index in [0.717, 1.165) is 24.9 Å². The van der Waals surface area contributed by atoms with Crippen LogP contribution in [0.5, 0.6) is 0 Å². The Hall–Kier alpha value is -1.92. The molecule has 1 aromatic carbocycles. The van der Waals surface area contributed by atoms with E-state index in [-0.39, 0.29) is 31.7 Å². The number of ether oxygens (including phenoxy) is 1. The van der Waals surface area contributed by atoms with Gasteiger partial charge < -0.3 is 15.2 Å². The smallest absolute Gasteiger partial charge is 0.320 e. The maximum atomic E-state index is 11.7. The monoisotopic (exact) mass is 306 g/mol. The maximum absolute atomic E-state index is 11.7. The third-order valence-electron chi connectivity index (χ3n) is 3.64. The number of likely N-dealkylation sites (tertiary alicyclic amines) is 1. The van der Waals surface area contributed by atoms with Gasteiger partial charge in [-0.1, -0.05) is 30.3 Å². The summed E-state index contributed by atoms with van der Waals surface area (Å²) in [5.41, 5.74) is 0.959. The fourth-order valence-electron chi connectivity index (χ4n) is 2.57. The Morgan fingerprint density at radius 3 is 2.82 bits per heavy atom. The van der Waals surface area contributed by atoms with Gasteiger partial charge in [-0.3, -0.25) is 14.5 Å². The molecule has 1 fully saturated rings. The molecule has 2 N–H and O–H groups in total. The van der Waals surface area contributed by atoms with Crippen LogP contribution >= 0.6 is 0 Å². The van der Waals surface area contributed by atoms with Crippen LogP contribution in [0.2, 0.25) is 0 Å². The van der Waals surface area contributed by atoms with Crippen LogP contribution in [0.4, 0.5) is 0 Å². The van der Waals surface area contributed by atoms with Crippen molar-refractivity contribution in [3.05, 3.63) is 35.9 Å². The number of piperidine rings is 1. The Kier molecular flexibility index (Phi) is 6.36. The molecule has 1 aliphatic rings. The van der Waals surface area contributed by atoms with E-state index >= 15 is 0 Å². The minimum absolute atomic E-state index is 0.0522. The van der Waals surface area contributed by atoms with E-state index in [2.05, 4.69) is 5.32 Å². The van der Waals surface area contributed by atoms with Crippen molar-refractivity contribution in [1.82, 2.24) is 10.2 Å². The highest BCUT2D eigenvalue weighted by Gasteiger charge is 2.21. The second-order valence-corrected chi connectivity index (χ2v) is 5.50. The predicted octanol–water partition coefficient (Wildman–Crippen LogP) is 0.868. The minimum atomic E-state index is -0.817. The average molecular weight is 306 g/mol. The van der Waals surface area contributed by atoms with Crippen molar-refractivity contribution in [3.8, 4) is 0 Å². The average Bonchev–Trinajstić information content (AvgIpc) is 2.52. The number of carboxylic acids is 1. The number of nitrogens with one attached hydrogen (secondary N) is 1. The van der Waals surface area contributed by atoms with Crippen LogP contribution in [-0.2, 0) is 20.9 Å². The number of rotatable bonds is 7. The van der Waals surface area contributed by atoms with Gasteiger partial charge in [0.1, 0.15) is 6.61 Å². The molecule has 0 unspecified atom stereocenters. The summed E-state index contributed by atoms with van der Waals surface area (Å²) >= 11 is 0. The number of carboxylic acid groups (broad SMARTS) is 1. The quantitative estimate of drug-likeness (QED) is 0.728. The van der Waals surface area contributed by atoms with Crippen molar-refractivity contribution in [2.75, 3.05) is 26.2 Å². The van der Waals surface area contributed by atoms with Gasteiger partial charge in [0.05, 0.1) is 13.1 Å². The Morgan fingerprint density at radius 1 is 1.32 bits per heavy atom. The third kappa shape index (κ3) is 5.83. The molecule has 0 bridgehead atoms. The summed E-state index contributed by atoms with van der Waals surface area (Å²) < 4.78 is 5.20. The highest BCUT2D eigenvalue weighted by Crippen LogP contribution is 2.09. The van der Waals surface area contributed by atoms with Gasteiger partial charge in [0.2, 0.25) is 0 Å². The zero-order chi connectivity index (χ0) is 15.8. The molecule has 0 aliphatic carbocycles. The van der Waals surface area contributed by atoms with Crippen LogP contribution in [-0.4, -0.2) is 54.2 Å². The summed E-state index contributed by atoms with van der Waals surface area (Å²) in [6, 6.07) is 9.68. The van der Waals surface area contributed by atoms with Crippen molar-refractivity contribution in [3.63, 3.8) is 0 Å². The zero-order valence-electron chi connectivity index (χ0n) is 12.5. The molecule has 0 aromatic heterocycles. The van der Waals surface area contributed by atoms with Crippen LogP contribution in [0.1, 0.15) is 18.4 Å². The molecule has 2 rings (SSSR count). The van der Waals surface area contributed by atoms with Gasteiger partial charge in [0, 0.05) is 12.6 Å². The summed E-state index contributed by atoms with van der Waals surface area (Å²) in [5, 5.41) is 12.0. The summed E-state index contributed by atoms with van der Waals surface area (Å²) in [6.45, 7) is 1.92. The van der Waals surface area contributed by atoms with Crippen LogP contribution < -0.4 is 5.32 Å². The second-order valence-electron chi connectivity index (χ2n) is 5.50. The van der Waals surface area contributed by atoms with Crippen molar-refractivity contribution >= 4 is 11.9 Å². The van der Waals surface area contributed by atoms with E-state index in [4.69, 9.17) is 9.84 Å². The van der Waals surface area contributed by atoms with E-state index in [9.17, 15) is 9.59 Å². The first-order chi connectivity index (χ1) is 10.6. The van der Waals surface area contributed by atoms with Gasteiger partial charge in [0.25, 0.3) is 0 Å². The molecular formula is C16H22N2O4. The lowest BCUT2D eigenvalue weighted by Gasteiger charge is -2.31. The number of hydrogen-bond donors (Lipinski definition) is 2. The number of carbonyl (C=O) groups excluding carboxylic acids is 1. The fourth-order valence-corrected chi connectivity index (χ4v) is 2.57. The van der Waals surface area contributed by atoms with Gasteiger partial charge in [-0.15, -0.1) is 0 Å². The van der Waals surface area contributed by atoms with Crippen molar-refractivity contribution in [1.29, 1.82) is 0 Å². The van der Waals surface area contributed by atoms with Crippen molar-refractivity contribution < 1.29 is 19.4 Å². The SMILES string of the molecule is O=C(O)CN1CCC[C@@H](NCC(=O)OCc2ccccc2)C1. The van der Waals surface area contributed by atoms with Crippen LogP contribution in [0.3, 0.4) is 0 Å². The second kappa shape index (κ2) is 8.51. The standard InChI is InChI=1S/C16H22N2O4/c19-15(20)11-18-8-4-7-14(10-18)17-9-16(21)22-12-13-5-2-1-3-6-13/h1-3,5-6,14,17H,4,7-12H2,(H,19,20)/t14-/m1/s1. The summed E-state index contributed by atoms with van der Waals surface area (Å²) in [6.07, 6.45) is 1.88. The lowest BCUT2D eigenvalue weighted by Crippen LogP contribution is -2.48. The third-order valence-corrected chi connectivity index (χ3v) is 3.64. The number of benzene rings is 1. The van der Waals surface area contributed by atoms with Gasteiger partial charge in [0.15, 0.2) is 0 Å². The Morgan fingerprint density at radius 2 is 2.09 bits per heavy atom. The zero-order valence-corrected chi connectivity index (χ0v) is 12.5. The Labute approximate surface area is 130 Å². The molecule has 1 saturated heterocycles. The summed E-state index contributed by atoms with van der Waals surface area (Å²) in [4.78, 5) is 24.3. The molecule has 6 nitrogen and oxygen atoms in total. The molecule has 0 spiro atoms. The Bertz CT molecular complexity index is 492. The number of aliphatic carboxylic acids is 1. The molecule has 6 heteroatoms. The molecule has 22 heavy (non-hydrogen) atoms. The first-order valence-electron chi connectivity index (χ1n) is 7.50. The van der Waals surface area contributed by atoms with Gasteiger partial charge in [-0.25, -0.2) is 0 Å². The van der Waals surface area contributed by atoms with E-state index in [1.54, 1.807) is 0 Å². The first-order valence-corrected chi connectivity index (χ1v) is 7.50. The highest BCUT2D eigenvalue weighted by molar-refractivity contribution is 5.71. The van der Waals surface area contributed by atoms with Crippen LogP contribution in [0.15, 0.2) is 30.3 Å². The molecular weight excluding hydrogens is 284 g/mol. The first kappa shape index (κ1) is 16.5. The molecule has 120 valence electrons. The maximum Gasteiger partial charge on any atom is 0.320 e. The fraction of sp³-hybridized carbons (Fsp3) is 0.500. The van der Waals surface area contributed by atoms with E-state index in [1.807, 2.05) is 35.2 Å². The molecule has 0 radical (unpaired) electrons. The number of hydrogen-bond acceptors (Lipinski definition) is 5.